The Bertz CT molecular complexity index is 451. The highest BCUT2D eigenvalue weighted by Crippen LogP contribution is 2.08. The third-order valence-electron chi connectivity index (χ3n) is 2.24. The molecule has 78 valence electrons. The van der Waals surface area contributed by atoms with Crippen LogP contribution in [0.5, 0.6) is 5.88 Å². The predicted molar refractivity (Wildman–Crippen MR) is 56.9 cm³/mol. The largest absolute Gasteiger partial charge is 0.481 e. The van der Waals surface area contributed by atoms with Gasteiger partial charge in [0, 0.05) is 18.0 Å². The van der Waals surface area contributed by atoms with Crippen LogP contribution in [0.4, 0.5) is 0 Å². The normalized spacial score (nSPS) is 10.3. The maximum absolute atomic E-state index is 5.07. The zero-order valence-corrected chi connectivity index (χ0v) is 8.84. The first-order chi connectivity index (χ1) is 7.29. The monoisotopic (exact) mass is 203 g/mol. The number of rotatable bonds is 3. The minimum Gasteiger partial charge on any atom is -0.481 e. The summed E-state index contributed by atoms with van der Waals surface area (Å²) >= 11 is 0. The highest BCUT2D eigenvalue weighted by atomic mass is 16.5. The molecule has 0 aliphatic rings. The number of nitrogens with zero attached hydrogens (tertiary/aromatic N) is 3. The molecule has 0 saturated heterocycles. The van der Waals surface area contributed by atoms with Crippen molar-refractivity contribution < 1.29 is 4.74 Å². The summed E-state index contributed by atoms with van der Waals surface area (Å²) in [5.74, 6) is 0.644. The van der Waals surface area contributed by atoms with E-state index in [0.717, 1.165) is 17.9 Å². The Morgan fingerprint density at radius 2 is 2.27 bits per heavy atom. The number of hydrogen-bond acceptors (Lipinski definition) is 3. The fourth-order valence-corrected chi connectivity index (χ4v) is 1.39. The number of methoxy groups -OCH3 is 1. The Morgan fingerprint density at radius 1 is 1.40 bits per heavy atom. The van der Waals surface area contributed by atoms with Crippen LogP contribution in [-0.4, -0.2) is 21.6 Å². The third-order valence-corrected chi connectivity index (χ3v) is 2.24. The van der Waals surface area contributed by atoms with Gasteiger partial charge in [-0.05, 0) is 13.0 Å². The van der Waals surface area contributed by atoms with Gasteiger partial charge < -0.3 is 9.30 Å². The number of aryl methyl sites for hydroxylation is 1. The third kappa shape index (κ3) is 2.15. The molecule has 0 radical (unpaired) electrons. The number of imidazole rings is 1. The van der Waals surface area contributed by atoms with E-state index in [1.807, 2.05) is 35.9 Å². The molecule has 0 aromatic carbocycles. The summed E-state index contributed by atoms with van der Waals surface area (Å²) in [6.07, 6.45) is 3.64. The molecule has 0 aliphatic heterocycles. The average molecular weight is 203 g/mol. The van der Waals surface area contributed by atoms with Gasteiger partial charge in [-0.15, -0.1) is 0 Å². The van der Waals surface area contributed by atoms with Crippen LogP contribution >= 0.6 is 0 Å². The Balaban J connectivity index is 2.21. The summed E-state index contributed by atoms with van der Waals surface area (Å²) in [5.41, 5.74) is 2.09. The summed E-state index contributed by atoms with van der Waals surface area (Å²) < 4.78 is 7.11. The fourth-order valence-electron chi connectivity index (χ4n) is 1.39. The van der Waals surface area contributed by atoms with Crippen molar-refractivity contribution in [1.29, 1.82) is 0 Å². The molecule has 0 saturated carbocycles. The lowest BCUT2D eigenvalue weighted by atomic mass is 10.3. The summed E-state index contributed by atoms with van der Waals surface area (Å²) in [6.45, 7) is 2.75. The second-order valence-electron chi connectivity index (χ2n) is 3.33. The quantitative estimate of drug-likeness (QED) is 0.761. The first-order valence-electron chi connectivity index (χ1n) is 4.76. The number of ether oxygens (including phenoxy) is 1. The van der Waals surface area contributed by atoms with Gasteiger partial charge in [-0.25, -0.2) is 9.97 Å². The smallest absolute Gasteiger partial charge is 0.213 e. The second kappa shape index (κ2) is 4.13. The van der Waals surface area contributed by atoms with E-state index < -0.39 is 0 Å². The zero-order valence-electron chi connectivity index (χ0n) is 8.84. The van der Waals surface area contributed by atoms with E-state index in [1.165, 1.54) is 0 Å². The van der Waals surface area contributed by atoms with E-state index in [0.29, 0.717) is 5.88 Å². The maximum Gasteiger partial charge on any atom is 0.213 e. The van der Waals surface area contributed by atoms with Crippen LogP contribution < -0.4 is 4.74 Å². The SMILES string of the molecule is COc1cccc(Cn2cncc2C)n1. The van der Waals surface area contributed by atoms with Crippen LogP contribution in [0.2, 0.25) is 0 Å². The van der Waals surface area contributed by atoms with Crippen molar-refractivity contribution in [3.63, 3.8) is 0 Å². The molecule has 0 spiro atoms. The molecule has 15 heavy (non-hydrogen) atoms. The van der Waals surface area contributed by atoms with Gasteiger partial charge in [-0.1, -0.05) is 6.07 Å². The molecule has 0 bridgehead atoms. The Morgan fingerprint density at radius 3 is 2.93 bits per heavy atom. The van der Waals surface area contributed by atoms with E-state index in [9.17, 15) is 0 Å². The molecule has 0 atom stereocenters. The van der Waals surface area contributed by atoms with Crippen LogP contribution in [0.1, 0.15) is 11.4 Å². The van der Waals surface area contributed by atoms with Crippen LogP contribution in [0.15, 0.2) is 30.7 Å². The van der Waals surface area contributed by atoms with E-state index in [2.05, 4.69) is 9.97 Å². The van der Waals surface area contributed by atoms with Crippen LogP contribution in [-0.2, 0) is 6.54 Å². The van der Waals surface area contributed by atoms with Gasteiger partial charge in [-0.2, -0.15) is 0 Å². The van der Waals surface area contributed by atoms with Crippen molar-refractivity contribution in [3.05, 3.63) is 42.1 Å². The van der Waals surface area contributed by atoms with Crippen molar-refractivity contribution in [3.8, 4) is 5.88 Å². The van der Waals surface area contributed by atoms with E-state index in [4.69, 9.17) is 4.74 Å². The topological polar surface area (TPSA) is 39.9 Å². The lowest BCUT2D eigenvalue weighted by Crippen LogP contribution is -2.02. The summed E-state index contributed by atoms with van der Waals surface area (Å²) in [6, 6.07) is 5.75. The van der Waals surface area contributed by atoms with Gasteiger partial charge in [0.25, 0.3) is 0 Å². The molecule has 0 aliphatic carbocycles. The molecule has 0 fully saturated rings. The lowest BCUT2D eigenvalue weighted by molar-refractivity contribution is 0.396. The van der Waals surface area contributed by atoms with Crippen molar-refractivity contribution in [2.24, 2.45) is 0 Å². The zero-order chi connectivity index (χ0) is 10.7. The van der Waals surface area contributed by atoms with E-state index in [1.54, 1.807) is 13.4 Å². The number of aromatic nitrogens is 3. The molecule has 0 N–H and O–H groups in total. The van der Waals surface area contributed by atoms with Gasteiger partial charge in [-0.3, -0.25) is 0 Å². The molecule has 2 rings (SSSR count). The standard InChI is InChI=1S/C11H13N3O/c1-9-6-12-8-14(9)7-10-4-3-5-11(13-10)15-2/h3-6,8H,7H2,1-2H3. The van der Waals surface area contributed by atoms with E-state index >= 15 is 0 Å². The van der Waals surface area contributed by atoms with Gasteiger partial charge in [0.2, 0.25) is 5.88 Å². The lowest BCUT2D eigenvalue weighted by Gasteiger charge is -2.05. The first kappa shape index (κ1) is 9.71. The van der Waals surface area contributed by atoms with Gasteiger partial charge >= 0.3 is 0 Å². The van der Waals surface area contributed by atoms with Gasteiger partial charge in [0.15, 0.2) is 0 Å². The highest BCUT2D eigenvalue weighted by Gasteiger charge is 2.00. The number of pyridine rings is 1. The summed E-state index contributed by atoms with van der Waals surface area (Å²) in [7, 11) is 1.62. The molecular formula is C11H13N3O. The molecule has 0 amide bonds. The molecule has 4 nitrogen and oxygen atoms in total. The molecule has 2 aromatic rings. The minimum atomic E-state index is 0.644. The average Bonchev–Trinajstić information content (AvgIpc) is 2.65. The van der Waals surface area contributed by atoms with E-state index in [-0.39, 0.29) is 0 Å². The van der Waals surface area contributed by atoms with Crippen molar-refractivity contribution in [1.82, 2.24) is 14.5 Å². The fraction of sp³-hybridized carbons (Fsp3) is 0.273. The van der Waals surface area contributed by atoms with Crippen LogP contribution in [0.3, 0.4) is 0 Å². The molecule has 2 aromatic heterocycles. The molecule has 4 heteroatoms. The molecule has 2 heterocycles. The van der Waals surface area contributed by atoms with Gasteiger partial charge in [0.1, 0.15) is 0 Å². The summed E-state index contributed by atoms with van der Waals surface area (Å²) in [5, 5.41) is 0. The highest BCUT2D eigenvalue weighted by molar-refractivity contribution is 5.16. The predicted octanol–water partition coefficient (Wildman–Crippen LogP) is 1.64. The van der Waals surface area contributed by atoms with Crippen molar-refractivity contribution in [2.45, 2.75) is 13.5 Å². The van der Waals surface area contributed by atoms with Crippen molar-refractivity contribution >= 4 is 0 Å². The van der Waals surface area contributed by atoms with Crippen molar-refractivity contribution in [2.75, 3.05) is 7.11 Å². The summed E-state index contributed by atoms with van der Waals surface area (Å²) in [4.78, 5) is 8.40. The minimum absolute atomic E-state index is 0.644. The van der Waals surface area contributed by atoms with Crippen LogP contribution in [0.25, 0.3) is 0 Å². The molecular weight excluding hydrogens is 190 g/mol. The number of hydrogen-bond donors (Lipinski definition) is 0. The first-order valence-corrected chi connectivity index (χ1v) is 4.76. The Labute approximate surface area is 88.6 Å². The van der Waals surface area contributed by atoms with Crippen LogP contribution in [0, 0.1) is 6.92 Å². The Kier molecular flexibility index (Phi) is 2.67. The second-order valence-corrected chi connectivity index (χ2v) is 3.33. The Hall–Kier alpha value is -1.84. The maximum atomic E-state index is 5.07. The molecule has 0 unspecified atom stereocenters. The van der Waals surface area contributed by atoms with Gasteiger partial charge in [0.05, 0.1) is 25.7 Å².